The topological polar surface area (TPSA) is 12.5 Å². The molecule has 0 aromatic heterocycles. The molecule has 1 aliphatic heterocycles. The Morgan fingerprint density at radius 3 is 1.88 bits per heavy atom. The van der Waals surface area contributed by atoms with Gasteiger partial charge in [-0.3, -0.25) is 0 Å². The van der Waals surface area contributed by atoms with Crippen LogP contribution in [0, 0.1) is 17.6 Å². The van der Waals surface area contributed by atoms with Gasteiger partial charge in [-0.1, -0.05) is 42.5 Å². The van der Waals surface area contributed by atoms with Crippen molar-refractivity contribution in [3.63, 3.8) is 0 Å². The molecule has 3 aromatic rings. The minimum Gasteiger partial charge on any atom is -0.494 e. The average molecular weight is 436 g/mol. The number of para-hydroxylation sites is 1. The summed E-state index contributed by atoms with van der Waals surface area (Å²) in [4.78, 5) is 2.53. The fourth-order valence-corrected chi connectivity index (χ4v) is 4.73. The second-order valence-corrected chi connectivity index (χ2v) is 8.63. The third-order valence-electron chi connectivity index (χ3n) is 6.44. The maximum absolute atomic E-state index is 13.5. The molecule has 0 aliphatic carbocycles. The molecule has 1 fully saturated rings. The molecular weight excluding hydrogens is 404 g/mol. The van der Waals surface area contributed by atoms with E-state index in [1.165, 1.54) is 24.3 Å². The second-order valence-electron chi connectivity index (χ2n) is 8.63. The molecule has 168 valence electrons. The molecule has 4 heteroatoms. The zero-order valence-electron chi connectivity index (χ0n) is 18.4. The van der Waals surface area contributed by atoms with Crippen LogP contribution < -0.4 is 4.74 Å². The van der Waals surface area contributed by atoms with Gasteiger partial charge in [-0.15, -0.1) is 0 Å². The molecule has 0 spiro atoms. The van der Waals surface area contributed by atoms with Gasteiger partial charge in [0.25, 0.3) is 0 Å². The second kappa shape index (κ2) is 11.2. The smallest absolute Gasteiger partial charge is 0.123 e. The maximum atomic E-state index is 13.5. The van der Waals surface area contributed by atoms with E-state index in [4.69, 9.17) is 4.74 Å². The van der Waals surface area contributed by atoms with Gasteiger partial charge in [0, 0.05) is 5.92 Å². The van der Waals surface area contributed by atoms with E-state index in [2.05, 4.69) is 4.90 Å². The third kappa shape index (κ3) is 6.17. The Kier molecular flexibility index (Phi) is 7.89. The third-order valence-corrected chi connectivity index (χ3v) is 6.44. The van der Waals surface area contributed by atoms with E-state index in [0.717, 1.165) is 68.8 Å². The number of halogens is 2. The highest BCUT2D eigenvalue weighted by molar-refractivity contribution is 5.34. The van der Waals surface area contributed by atoms with Crippen LogP contribution in [0.3, 0.4) is 0 Å². The highest BCUT2D eigenvalue weighted by Crippen LogP contribution is 2.38. The number of hydrogen-bond donors (Lipinski definition) is 0. The Balaban J connectivity index is 1.29. The highest BCUT2D eigenvalue weighted by atomic mass is 19.1. The first-order chi connectivity index (χ1) is 15.7. The van der Waals surface area contributed by atoms with Crippen molar-refractivity contribution in [2.75, 3.05) is 26.2 Å². The lowest BCUT2D eigenvalue weighted by molar-refractivity contribution is 0.169. The number of likely N-dealkylation sites (tertiary alicyclic amines) is 1. The molecule has 3 aromatic carbocycles. The van der Waals surface area contributed by atoms with E-state index < -0.39 is 0 Å². The standard InChI is InChI=1S/C28H31F2NO/c29-25-12-8-22(9-13-25)28(23-10-14-26(30)15-11-23)24-16-19-31(20-17-24)18-4-5-21-32-27-6-2-1-3-7-27/h1-3,6-15,24,28H,4-5,16-21H2. The normalized spacial score (nSPS) is 15.2. The summed E-state index contributed by atoms with van der Waals surface area (Å²) in [5.74, 6) is 1.11. The Morgan fingerprint density at radius 2 is 1.31 bits per heavy atom. The van der Waals surface area contributed by atoms with Gasteiger partial charge >= 0.3 is 0 Å². The predicted octanol–water partition coefficient (Wildman–Crippen LogP) is 6.67. The predicted molar refractivity (Wildman–Crippen MR) is 125 cm³/mol. The quantitative estimate of drug-likeness (QED) is 0.348. The summed E-state index contributed by atoms with van der Waals surface area (Å²) in [5, 5.41) is 0. The monoisotopic (exact) mass is 435 g/mol. The number of piperidine rings is 1. The van der Waals surface area contributed by atoms with Crippen molar-refractivity contribution in [2.24, 2.45) is 5.92 Å². The SMILES string of the molecule is Fc1ccc(C(c2ccc(F)cc2)C2CCN(CCCCOc3ccccc3)CC2)cc1. The van der Waals surface area contributed by atoms with Gasteiger partial charge in [0.05, 0.1) is 6.61 Å². The fourth-order valence-electron chi connectivity index (χ4n) is 4.73. The maximum Gasteiger partial charge on any atom is 0.123 e. The average Bonchev–Trinajstić information content (AvgIpc) is 2.83. The van der Waals surface area contributed by atoms with Crippen molar-refractivity contribution in [3.8, 4) is 5.75 Å². The summed E-state index contributed by atoms with van der Waals surface area (Å²) in [6.45, 7) is 3.95. The highest BCUT2D eigenvalue weighted by Gasteiger charge is 2.29. The zero-order chi connectivity index (χ0) is 22.2. The molecule has 0 unspecified atom stereocenters. The summed E-state index contributed by atoms with van der Waals surface area (Å²) in [6.07, 6.45) is 4.33. The number of nitrogens with zero attached hydrogens (tertiary/aromatic N) is 1. The fraction of sp³-hybridized carbons (Fsp3) is 0.357. The summed E-state index contributed by atoms with van der Waals surface area (Å²) >= 11 is 0. The van der Waals surface area contributed by atoms with Crippen LogP contribution in [-0.4, -0.2) is 31.1 Å². The van der Waals surface area contributed by atoms with Gasteiger partial charge in [0.2, 0.25) is 0 Å². The first-order valence-electron chi connectivity index (χ1n) is 11.6. The van der Waals surface area contributed by atoms with Crippen LogP contribution in [0.1, 0.15) is 42.7 Å². The Labute approximate surface area is 189 Å². The molecule has 1 aliphatic rings. The van der Waals surface area contributed by atoms with Crippen molar-refractivity contribution in [3.05, 3.63) is 102 Å². The van der Waals surface area contributed by atoms with Crippen molar-refractivity contribution in [1.82, 2.24) is 4.90 Å². The van der Waals surface area contributed by atoms with Gasteiger partial charge < -0.3 is 9.64 Å². The lowest BCUT2D eigenvalue weighted by atomic mass is 9.76. The summed E-state index contributed by atoms with van der Waals surface area (Å²) in [6, 6.07) is 23.6. The van der Waals surface area contributed by atoms with Crippen LogP contribution >= 0.6 is 0 Å². The van der Waals surface area contributed by atoms with Crippen LogP contribution in [0.2, 0.25) is 0 Å². The van der Waals surface area contributed by atoms with Crippen molar-refractivity contribution < 1.29 is 13.5 Å². The largest absolute Gasteiger partial charge is 0.494 e. The van der Waals surface area contributed by atoms with Crippen LogP contribution in [0.15, 0.2) is 78.9 Å². The molecular formula is C28H31F2NO. The first-order valence-corrected chi connectivity index (χ1v) is 11.6. The molecule has 4 rings (SSSR count). The van der Waals surface area contributed by atoms with Gasteiger partial charge in [-0.05, 0) is 98.8 Å². The number of hydrogen-bond acceptors (Lipinski definition) is 2. The lowest BCUT2D eigenvalue weighted by Crippen LogP contribution is -2.36. The van der Waals surface area contributed by atoms with Crippen molar-refractivity contribution >= 4 is 0 Å². The van der Waals surface area contributed by atoms with Crippen molar-refractivity contribution in [2.45, 2.75) is 31.6 Å². The molecule has 2 nitrogen and oxygen atoms in total. The van der Waals surface area contributed by atoms with Crippen LogP contribution in [-0.2, 0) is 0 Å². The van der Waals surface area contributed by atoms with Crippen LogP contribution in [0.4, 0.5) is 8.78 Å². The minimum absolute atomic E-state index is 0.164. The lowest BCUT2D eigenvalue weighted by Gasteiger charge is -2.36. The Hall–Kier alpha value is -2.72. The van der Waals surface area contributed by atoms with E-state index in [0.29, 0.717) is 5.92 Å². The van der Waals surface area contributed by atoms with Crippen molar-refractivity contribution in [1.29, 1.82) is 0 Å². The van der Waals surface area contributed by atoms with Gasteiger partial charge in [0.1, 0.15) is 17.4 Å². The Bertz CT molecular complexity index is 890. The molecule has 32 heavy (non-hydrogen) atoms. The zero-order valence-corrected chi connectivity index (χ0v) is 18.4. The molecule has 0 radical (unpaired) electrons. The van der Waals surface area contributed by atoms with Gasteiger partial charge in [0.15, 0.2) is 0 Å². The minimum atomic E-state index is -0.224. The number of ether oxygens (including phenoxy) is 1. The van der Waals surface area contributed by atoms with E-state index in [-0.39, 0.29) is 17.6 Å². The number of unbranched alkanes of at least 4 members (excludes halogenated alkanes) is 1. The van der Waals surface area contributed by atoms with Crippen LogP contribution in [0.5, 0.6) is 5.75 Å². The molecule has 0 N–H and O–H groups in total. The van der Waals surface area contributed by atoms with E-state index in [1.54, 1.807) is 0 Å². The molecule has 0 bridgehead atoms. The van der Waals surface area contributed by atoms with E-state index in [9.17, 15) is 8.78 Å². The Morgan fingerprint density at radius 1 is 0.750 bits per heavy atom. The summed E-state index contributed by atoms with van der Waals surface area (Å²) < 4.78 is 32.8. The van der Waals surface area contributed by atoms with Gasteiger partial charge in [-0.2, -0.15) is 0 Å². The summed E-state index contributed by atoms with van der Waals surface area (Å²) in [5.41, 5.74) is 2.21. The van der Waals surface area contributed by atoms with Crippen LogP contribution in [0.25, 0.3) is 0 Å². The van der Waals surface area contributed by atoms with E-state index >= 15 is 0 Å². The van der Waals surface area contributed by atoms with Gasteiger partial charge in [-0.25, -0.2) is 8.78 Å². The first kappa shape index (κ1) is 22.5. The summed E-state index contributed by atoms with van der Waals surface area (Å²) in [7, 11) is 0. The molecule has 1 saturated heterocycles. The molecule has 0 saturated carbocycles. The number of rotatable bonds is 9. The molecule has 1 heterocycles. The molecule has 0 amide bonds. The molecule has 0 atom stereocenters. The van der Waals surface area contributed by atoms with E-state index in [1.807, 2.05) is 54.6 Å². The number of benzene rings is 3.